The molecule has 6 nitrogen and oxygen atoms in total. The van der Waals surface area contributed by atoms with Gasteiger partial charge in [-0.2, -0.15) is 0 Å². The summed E-state index contributed by atoms with van der Waals surface area (Å²) >= 11 is 0. The molecule has 0 N–H and O–H groups in total. The van der Waals surface area contributed by atoms with Crippen molar-refractivity contribution in [2.45, 2.75) is 0 Å². The Morgan fingerprint density at radius 2 is 0.978 bits per heavy atom. The van der Waals surface area contributed by atoms with Crippen LogP contribution < -0.4 is 0 Å². The van der Waals surface area contributed by atoms with E-state index in [0.717, 1.165) is 66.4 Å². The smallest absolute Gasteiger partial charge is 0.227 e. The van der Waals surface area contributed by atoms with Crippen molar-refractivity contribution >= 4 is 33.0 Å². The van der Waals surface area contributed by atoms with Gasteiger partial charge in [0.1, 0.15) is 16.7 Å². The van der Waals surface area contributed by atoms with E-state index in [1.165, 1.54) is 0 Å². The molecule has 0 aliphatic carbocycles. The topological polar surface area (TPSA) is 77.8 Å². The summed E-state index contributed by atoms with van der Waals surface area (Å²) in [6.07, 6.45) is 0. The second-order valence-electron chi connectivity index (χ2n) is 11.1. The van der Waals surface area contributed by atoms with Gasteiger partial charge in [-0.15, -0.1) is 0 Å². The molecule has 0 radical (unpaired) electrons. The first-order valence-electron chi connectivity index (χ1n) is 15.1. The van der Waals surface area contributed by atoms with Crippen LogP contribution in [0.2, 0.25) is 0 Å². The molecule has 3 heterocycles. The maximum Gasteiger partial charge on any atom is 0.227 e. The minimum Gasteiger partial charge on any atom is -0.455 e. The zero-order valence-electron chi connectivity index (χ0n) is 24.5. The van der Waals surface area contributed by atoms with Gasteiger partial charge in [-0.1, -0.05) is 109 Å². The molecule has 6 aromatic carbocycles. The van der Waals surface area contributed by atoms with Crippen molar-refractivity contribution < 1.29 is 8.83 Å². The molecule has 216 valence electrons. The molecular weight excluding hydrogens is 568 g/mol. The van der Waals surface area contributed by atoms with Gasteiger partial charge in [0, 0.05) is 33.0 Å². The van der Waals surface area contributed by atoms with Gasteiger partial charge >= 0.3 is 0 Å². The molecule has 0 saturated carbocycles. The molecule has 0 amide bonds. The van der Waals surface area contributed by atoms with E-state index in [0.29, 0.717) is 23.4 Å². The van der Waals surface area contributed by atoms with E-state index in [4.69, 9.17) is 28.8 Å². The van der Waals surface area contributed by atoms with Crippen LogP contribution in [0.5, 0.6) is 0 Å². The molecule has 3 aromatic heterocycles. The lowest BCUT2D eigenvalue weighted by atomic mass is 10.0. The van der Waals surface area contributed by atoms with Gasteiger partial charge in [-0.3, -0.25) is 0 Å². The number of para-hydroxylation sites is 2. The second kappa shape index (κ2) is 10.6. The van der Waals surface area contributed by atoms with E-state index in [9.17, 15) is 0 Å². The van der Waals surface area contributed by atoms with Gasteiger partial charge < -0.3 is 8.83 Å². The lowest BCUT2D eigenvalue weighted by Crippen LogP contribution is -2.00. The minimum absolute atomic E-state index is 0.553. The number of hydrogen-bond donors (Lipinski definition) is 0. The SMILES string of the molecule is c1ccc(-c2nc(-c3ccccc3)nc(-c3cccc4c3oc3cc(-c5cccc6nc(-c7ccccc7)oc56)ccc34)n2)cc1. The fourth-order valence-electron chi connectivity index (χ4n) is 5.95. The summed E-state index contributed by atoms with van der Waals surface area (Å²) in [6.45, 7) is 0. The Labute approximate surface area is 263 Å². The van der Waals surface area contributed by atoms with Crippen molar-refractivity contribution in [1.82, 2.24) is 19.9 Å². The first kappa shape index (κ1) is 26.0. The molecule has 9 aromatic rings. The number of oxazole rings is 1. The zero-order valence-corrected chi connectivity index (χ0v) is 24.5. The van der Waals surface area contributed by atoms with Gasteiger partial charge in [0.05, 0.1) is 5.56 Å². The standard InChI is InChI=1S/C40H24N4O2/c1-4-12-25(13-5-1)37-42-38(26-14-6-2-7-15-26)44-39(43-37)32-20-10-19-31-30-23-22-28(24-34(30)45-35(31)32)29-18-11-21-33-36(29)46-40(41-33)27-16-8-3-9-17-27/h1-24H. The summed E-state index contributed by atoms with van der Waals surface area (Å²) in [6, 6.07) is 48.3. The molecule has 0 fully saturated rings. The van der Waals surface area contributed by atoms with Crippen molar-refractivity contribution in [1.29, 1.82) is 0 Å². The Bertz CT molecular complexity index is 2460. The van der Waals surface area contributed by atoms with Crippen LogP contribution in [0.3, 0.4) is 0 Å². The number of benzene rings is 6. The van der Waals surface area contributed by atoms with Crippen LogP contribution in [0.4, 0.5) is 0 Å². The van der Waals surface area contributed by atoms with Crippen LogP contribution in [-0.4, -0.2) is 19.9 Å². The first-order valence-corrected chi connectivity index (χ1v) is 15.1. The zero-order chi connectivity index (χ0) is 30.5. The van der Waals surface area contributed by atoms with Crippen molar-refractivity contribution in [3.8, 4) is 56.7 Å². The summed E-state index contributed by atoms with van der Waals surface area (Å²) in [5.41, 5.74) is 8.55. The fourth-order valence-corrected chi connectivity index (χ4v) is 5.95. The predicted molar refractivity (Wildman–Crippen MR) is 182 cm³/mol. The Kier molecular flexibility index (Phi) is 6.03. The van der Waals surface area contributed by atoms with Gasteiger partial charge in [-0.05, 0) is 42.0 Å². The van der Waals surface area contributed by atoms with Crippen LogP contribution in [0.1, 0.15) is 0 Å². The molecule has 6 heteroatoms. The predicted octanol–water partition coefficient (Wildman–Crippen LogP) is 10.2. The van der Waals surface area contributed by atoms with Crippen molar-refractivity contribution in [3.05, 3.63) is 146 Å². The molecular formula is C40H24N4O2. The molecule has 0 saturated heterocycles. The third-order valence-electron chi connectivity index (χ3n) is 8.19. The van der Waals surface area contributed by atoms with E-state index in [2.05, 4.69) is 30.3 Å². The molecule has 0 unspecified atom stereocenters. The minimum atomic E-state index is 0.553. The summed E-state index contributed by atoms with van der Waals surface area (Å²) in [4.78, 5) is 19.5. The largest absolute Gasteiger partial charge is 0.455 e. The Hall–Kier alpha value is -6.40. The third kappa shape index (κ3) is 4.43. The summed E-state index contributed by atoms with van der Waals surface area (Å²) < 4.78 is 13.0. The van der Waals surface area contributed by atoms with Gasteiger partial charge in [0.25, 0.3) is 0 Å². The van der Waals surface area contributed by atoms with E-state index in [1.54, 1.807) is 0 Å². The third-order valence-corrected chi connectivity index (χ3v) is 8.19. The summed E-state index contributed by atoms with van der Waals surface area (Å²) in [5.74, 6) is 2.36. The fraction of sp³-hybridized carbons (Fsp3) is 0. The van der Waals surface area contributed by atoms with E-state index < -0.39 is 0 Å². The van der Waals surface area contributed by atoms with Gasteiger partial charge in [0.2, 0.25) is 5.89 Å². The highest BCUT2D eigenvalue weighted by Crippen LogP contribution is 2.39. The highest BCUT2D eigenvalue weighted by atomic mass is 16.3. The molecule has 46 heavy (non-hydrogen) atoms. The Morgan fingerprint density at radius 3 is 1.67 bits per heavy atom. The molecule has 0 aliphatic heterocycles. The average molecular weight is 593 g/mol. The number of rotatable bonds is 5. The summed E-state index contributed by atoms with van der Waals surface area (Å²) in [7, 11) is 0. The van der Waals surface area contributed by atoms with Crippen LogP contribution in [0.15, 0.2) is 154 Å². The van der Waals surface area contributed by atoms with E-state index >= 15 is 0 Å². The molecule has 0 atom stereocenters. The van der Waals surface area contributed by atoms with Crippen LogP contribution >= 0.6 is 0 Å². The van der Waals surface area contributed by atoms with Gasteiger partial charge in [-0.25, -0.2) is 19.9 Å². The average Bonchev–Trinajstić information content (AvgIpc) is 3.74. The quantitative estimate of drug-likeness (QED) is 0.198. The first-order chi connectivity index (χ1) is 22.8. The van der Waals surface area contributed by atoms with E-state index in [-0.39, 0.29) is 0 Å². The number of furan rings is 1. The van der Waals surface area contributed by atoms with Crippen LogP contribution in [0.25, 0.3) is 89.8 Å². The molecule has 9 rings (SSSR count). The lowest BCUT2D eigenvalue weighted by molar-refractivity contribution is 0.621. The number of aromatic nitrogens is 4. The van der Waals surface area contributed by atoms with E-state index in [1.807, 2.05) is 115 Å². The maximum atomic E-state index is 6.63. The van der Waals surface area contributed by atoms with Crippen LogP contribution in [0, 0.1) is 0 Å². The van der Waals surface area contributed by atoms with Crippen molar-refractivity contribution in [2.24, 2.45) is 0 Å². The number of hydrogen-bond acceptors (Lipinski definition) is 6. The molecule has 0 bridgehead atoms. The normalized spacial score (nSPS) is 11.5. The van der Waals surface area contributed by atoms with Gasteiger partial charge in [0.15, 0.2) is 23.1 Å². The van der Waals surface area contributed by atoms with Crippen molar-refractivity contribution in [3.63, 3.8) is 0 Å². The number of fused-ring (bicyclic) bond motifs is 4. The Balaban J connectivity index is 1.19. The second-order valence-corrected chi connectivity index (χ2v) is 11.1. The molecule has 0 aliphatic rings. The summed E-state index contributed by atoms with van der Waals surface area (Å²) in [5, 5.41) is 2.00. The maximum absolute atomic E-state index is 6.63. The highest BCUT2D eigenvalue weighted by Gasteiger charge is 2.19. The lowest BCUT2D eigenvalue weighted by Gasteiger charge is -2.08. The van der Waals surface area contributed by atoms with Crippen molar-refractivity contribution in [2.75, 3.05) is 0 Å². The monoisotopic (exact) mass is 592 g/mol. The van der Waals surface area contributed by atoms with Crippen LogP contribution in [-0.2, 0) is 0 Å². The molecule has 0 spiro atoms. The highest BCUT2D eigenvalue weighted by molar-refractivity contribution is 6.10. The Morgan fingerprint density at radius 1 is 0.370 bits per heavy atom. The number of nitrogens with zero attached hydrogens (tertiary/aromatic N) is 4.